The summed E-state index contributed by atoms with van der Waals surface area (Å²) in [7, 11) is 0. The van der Waals surface area contributed by atoms with Gasteiger partial charge in [-0.25, -0.2) is 4.68 Å². The minimum Gasteiger partial charge on any atom is -0.371 e. The van der Waals surface area contributed by atoms with E-state index in [4.69, 9.17) is 4.52 Å². The van der Waals surface area contributed by atoms with E-state index in [2.05, 4.69) is 59.5 Å². The van der Waals surface area contributed by atoms with E-state index in [0.717, 1.165) is 29.3 Å². The third-order valence-corrected chi connectivity index (χ3v) is 4.15. The van der Waals surface area contributed by atoms with E-state index < -0.39 is 0 Å². The van der Waals surface area contributed by atoms with Crippen molar-refractivity contribution in [3.8, 4) is 5.69 Å². The summed E-state index contributed by atoms with van der Waals surface area (Å²) in [5.41, 5.74) is 5.51. The third kappa shape index (κ3) is 3.04. The van der Waals surface area contributed by atoms with Crippen molar-refractivity contribution in [2.75, 3.05) is 5.32 Å². The lowest BCUT2D eigenvalue weighted by Gasteiger charge is -2.12. The Kier molecular flexibility index (Phi) is 4.38. The van der Waals surface area contributed by atoms with Crippen LogP contribution in [0.25, 0.3) is 5.69 Å². The number of nitrogens with one attached hydrogen (secondary N) is 1. The fourth-order valence-corrected chi connectivity index (χ4v) is 2.62. The Morgan fingerprint density at radius 1 is 1.25 bits per heavy atom. The summed E-state index contributed by atoms with van der Waals surface area (Å²) in [5.74, 6) is 1.31. The summed E-state index contributed by atoms with van der Waals surface area (Å²) in [5, 5.41) is 11.9. The fraction of sp³-hybridized carbons (Fsp3) is 0.389. The van der Waals surface area contributed by atoms with Crippen molar-refractivity contribution in [3.05, 3.63) is 52.9 Å². The van der Waals surface area contributed by atoms with E-state index in [1.54, 1.807) is 0 Å². The standard InChI is InChI=1S/C18H23N5O/c1-6-17-21-18(24-22-17)13(4)20-15-10-19-23(14(15)5)16-9-11(2)7-8-12(16)3/h7-10,13,20H,6H2,1-5H3. The number of anilines is 1. The summed E-state index contributed by atoms with van der Waals surface area (Å²) >= 11 is 0. The molecule has 1 atom stereocenters. The molecule has 1 aromatic carbocycles. The smallest absolute Gasteiger partial charge is 0.248 e. The Hall–Kier alpha value is -2.63. The van der Waals surface area contributed by atoms with Gasteiger partial charge in [-0.3, -0.25) is 0 Å². The molecule has 0 aliphatic heterocycles. The highest BCUT2D eigenvalue weighted by molar-refractivity contribution is 5.52. The van der Waals surface area contributed by atoms with Gasteiger partial charge in [0.1, 0.15) is 6.04 Å². The van der Waals surface area contributed by atoms with Gasteiger partial charge in [0.15, 0.2) is 5.82 Å². The van der Waals surface area contributed by atoms with E-state index in [-0.39, 0.29) is 6.04 Å². The fourth-order valence-electron chi connectivity index (χ4n) is 2.62. The van der Waals surface area contributed by atoms with Gasteiger partial charge < -0.3 is 9.84 Å². The maximum absolute atomic E-state index is 5.30. The quantitative estimate of drug-likeness (QED) is 0.770. The molecular weight excluding hydrogens is 302 g/mol. The van der Waals surface area contributed by atoms with Gasteiger partial charge in [0.05, 0.1) is 23.3 Å². The lowest BCUT2D eigenvalue weighted by Crippen LogP contribution is -2.08. The van der Waals surface area contributed by atoms with E-state index in [0.29, 0.717) is 5.89 Å². The molecule has 2 heterocycles. The van der Waals surface area contributed by atoms with Gasteiger partial charge in [-0.05, 0) is 44.9 Å². The lowest BCUT2D eigenvalue weighted by molar-refractivity contribution is 0.363. The molecule has 0 aliphatic carbocycles. The van der Waals surface area contributed by atoms with Crippen LogP contribution in [0.15, 0.2) is 28.9 Å². The number of hydrogen-bond donors (Lipinski definition) is 1. The molecule has 0 aliphatic rings. The molecule has 6 nitrogen and oxygen atoms in total. The van der Waals surface area contributed by atoms with Crippen LogP contribution in [0.4, 0.5) is 5.69 Å². The first kappa shape index (κ1) is 16.2. The van der Waals surface area contributed by atoms with Crippen molar-refractivity contribution in [2.45, 2.75) is 47.1 Å². The highest BCUT2D eigenvalue weighted by Gasteiger charge is 2.17. The molecule has 126 valence electrons. The van der Waals surface area contributed by atoms with Crippen molar-refractivity contribution in [2.24, 2.45) is 0 Å². The second-order valence-corrected chi connectivity index (χ2v) is 6.11. The molecule has 0 spiro atoms. The van der Waals surface area contributed by atoms with Gasteiger partial charge in [-0.2, -0.15) is 10.1 Å². The van der Waals surface area contributed by atoms with Gasteiger partial charge in [0, 0.05) is 6.42 Å². The summed E-state index contributed by atoms with van der Waals surface area (Å²) in [6.45, 7) is 10.2. The Bertz CT molecular complexity index is 849. The zero-order valence-corrected chi connectivity index (χ0v) is 14.8. The Morgan fingerprint density at radius 3 is 2.75 bits per heavy atom. The number of nitrogens with zero attached hydrogens (tertiary/aromatic N) is 4. The predicted molar refractivity (Wildman–Crippen MR) is 93.5 cm³/mol. The van der Waals surface area contributed by atoms with E-state index in [1.165, 1.54) is 11.1 Å². The third-order valence-electron chi connectivity index (χ3n) is 4.15. The monoisotopic (exact) mass is 325 g/mol. The molecule has 0 saturated carbocycles. The Morgan fingerprint density at radius 2 is 2.04 bits per heavy atom. The van der Waals surface area contributed by atoms with Crippen molar-refractivity contribution >= 4 is 5.69 Å². The minimum absolute atomic E-state index is 0.0762. The molecule has 24 heavy (non-hydrogen) atoms. The van der Waals surface area contributed by atoms with Crippen LogP contribution in [0.5, 0.6) is 0 Å². The Labute approximate surface area is 141 Å². The lowest BCUT2D eigenvalue weighted by atomic mass is 10.1. The van der Waals surface area contributed by atoms with E-state index in [1.807, 2.05) is 24.7 Å². The summed E-state index contributed by atoms with van der Waals surface area (Å²) in [4.78, 5) is 4.38. The highest BCUT2D eigenvalue weighted by Crippen LogP contribution is 2.25. The molecule has 0 amide bonds. The Balaban J connectivity index is 1.86. The van der Waals surface area contributed by atoms with Crippen LogP contribution in [-0.4, -0.2) is 19.9 Å². The largest absolute Gasteiger partial charge is 0.371 e. The average Bonchev–Trinajstić information content (AvgIpc) is 3.18. The number of benzene rings is 1. The molecule has 1 N–H and O–H groups in total. The summed E-state index contributed by atoms with van der Waals surface area (Å²) < 4.78 is 7.27. The predicted octanol–water partition coefficient (Wildman–Crippen LogP) is 3.92. The first-order valence-corrected chi connectivity index (χ1v) is 8.21. The van der Waals surface area contributed by atoms with Crippen molar-refractivity contribution < 1.29 is 4.52 Å². The van der Waals surface area contributed by atoms with Crippen LogP contribution in [0.1, 0.15) is 48.4 Å². The van der Waals surface area contributed by atoms with Gasteiger partial charge in [-0.15, -0.1) is 0 Å². The van der Waals surface area contributed by atoms with Gasteiger partial charge >= 0.3 is 0 Å². The van der Waals surface area contributed by atoms with Crippen LogP contribution in [-0.2, 0) is 6.42 Å². The molecule has 6 heteroatoms. The average molecular weight is 325 g/mol. The van der Waals surface area contributed by atoms with Crippen LogP contribution in [0.3, 0.4) is 0 Å². The van der Waals surface area contributed by atoms with Gasteiger partial charge in [-0.1, -0.05) is 24.2 Å². The van der Waals surface area contributed by atoms with Crippen LogP contribution >= 0.6 is 0 Å². The molecule has 0 bridgehead atoms. The topological polar surface area (TPSA) is 68.8 Å². The minimum atomic E-state index is -0.0762. The summed E-state index contributed by atoms with van der Waals surface area (Å²) in [6, 6.07) is 6.30. The molecular formula is C18H23N5O. The number of aromatic nitrogens is 4. The molecule has 3 aromatic rings. The number of aryl methyl sites for hydroxylation is 3. The second-order valence-electron chi connectivity index (χ2n) is 6.11. The summed E-state index contributed by atoms with van der Waals surface area (Å²) in [6.07, 6.45) is 2.60. The van der Waals surface area contributed by atoms with Crippen LogP contribution in [0, 0.1) is 20.8 Å². The molecule has 0 saturated heterocycles. The molecule has 2 aromatic heterocycles. The highest BCUT2D eigenvalue weighted by atomic mass is 16.5. The SMILES string of the molecule is CCc1noc(C(C)Nc2cnn(-c3cc(C)ccc3C)c2C)n1. The zero-order valence-electron chi connectivity index (χ0n) is 14.8. The zero-order chi connectivity index (χ0) is 17.3. The van der Waals surface area contributed by atoms with Crippen molar-refractivity contribution in [1.29, 1.82) is 0 Å². The normalized spacial score (nSPS) is 12.4. The van der Waals surface area contributed by atoms with Gasteiger partial charge in [0.25, 0.3) is 0 Å². The van der Waals surface area contributed by atoms with Crippen molar-refractivity contribution in [1.82, 2.24) is 19.9 Å². The molecule has 0 fully saturated rings. The second kappa shape index (κ2) is 6.47. The number of hydrogen-bond acceptors (Lipinski definition) is 5. The molecule has 3 rings (SSSR count). The van der Waals surface area contributed by atoms with Crippen LogP contribution < -0.4 is 5.32 Å². The van der Waals surface area contributed by atoms with E-state index >= 15 is 0 Å². The van der Waals surface area contributed by atoms with Crippen LogP contribution in [0.2, 0.25) is 0 Å². The first-order chi connectivity index (χ1) is 11.5. The maximum atomic E-state index is 5.30. The van der Waals surface area contributed by atoms with Crippen molar-refractivity contribution in [3.63, 3.8) is 0 Å². The number of rotatable bonds is 5. The molecule has 1 unspecified atom stereocenters. The van der Waals surface area contributed by atoms with E-state index in [9.17, 15) is 0 Å². The first-order valence-electron chi connectivity index (χ1n) is 8.21. The van der Waals surface area contributed by atoms with Gasteiger partial charge in [0.2, 0.25) is 5.89 Å². The maximum Gasteiger partial charge on any atom is 0.248 e. The molecule has 0 radical (unpaired) electrons.